The largest absolute Gasteiger partial charge is 0.469 e. The quantitative estimate of drug-likeness (QED) is 0.612. The zero-order chi connectivity index (χ0) is 22.6. The number of halogens is 1. The topological polar surface area (TPSA) is 84.0 Å². The van der Waals surface area contributed by atoms with Crippen molar-refractivity contribution in [3.63, 3.8) is 0 Å². The van der Waals surface area contributed by atoms with Gasteiger partial charge in [0.2, 0.25) is 10.0 Å². The molecule has 1 aliphatic heterocycles. The van der Waals surface area contributed by atoms with Crippen LogP contribution in [0, 0.1) is 5.92 Å². The Labute approximate surface area is 187 Å². The Morgan fingerprint density at radius 1 is 1.10 bits per heavy atom. The molecule has 1 heterocycles. The summed E-state index contributed by atoms with van der Waals surface area (Å²) in [6.07, 6.45) is 2.26. The molecule has 1 fully saturated rings. The lowest BCUT2D eigenvalue weighted by Gasteiger charge is -2.31. The van der Waals surface area contributed by atoms with Crippen LogP contribution in [0.25, 0.3) is 0 Å². The molecule has 166 valence electrons. The molecule has 0 atom stereocenters. The van der Waals surface area contributed by atoms with Gasteiger partial charge in [-0.2, -0.15) is 0 Å². The molecule has 2 aromatic carbocycles. The molecule has 31 heavy (non-hydrogen) atoms. The number of carbonyl (C=O) groups is 2. The number of amides is 1. The molecule has 7 nitrogen and oxygen atoms in total. The average molecular weight is 465 g/mol. The van der Waals surface area contributed by atoms with Crippen LogP contribution in [0.4, 0.5) is 5.69 Å². The van der Waals surface area contributed by atoms with Crippen molar-refractivity contribution in [1.29, 1.82) is 0 Å². The fraction of sp³-hybridized carbons (Fsp3) is 0.364. The molecule has 3 rings (SSSR count). The number of piperidine rings is 1. The summed E-state index contributed by atoms with van der Waals surface area (Å²) in [5.74, 6) is -0.563. The molecule has 0 aliphatic carbocycles. The third kappa shape index (κ3) is 5.57. The molecule has 0 saturated carbocycles. The standard InChI is InChI=1S/C22H25ClN2O5S/c1-30-22(27)17-11-13-24(14-12-17)21(26)16-7-9-19(10-8-16)25(31(2,28)29)15-18-5-3-4-6-20(18)23/h3-10,17H,11-15H2,1-2H3. The predicted molar refractivity (Wildman–Crippen MR) is 120 cm³/mol. The van der Waals surface area contributed by atoms with Crippen LogP contribution in [0.1, 0.15) is 28.8 Å². The summed E-state index contributed by atoms with van der Waals surface area (Å²) in [7, 11) is -2.20. The highest BCUT2D eigenvalue weighted by atomic mass is 35.5. The highest BCUT2D eigenvalue weighted by molar-refractivity contribution is 7.92. The first-order valence-electron chi connectivity index (χ1n) is 9.89. The monoisotopic (exact) mass is 464 g/mol. The summed E-state index contributed by atoms with van der Waals surface area (Å²) in [6, 6.07) is 13.5. The van der Waals surface area contributed by atoms with Gasteiger partial charge in [0.15, 0.2) is 0 Å². The van der Waals surface area contributed by atoms with Gasteiger partial charge in [0.05, 0.1) is 31.5 Å². The van der Waals surface area contributed by atoms with Crippen molar-refractivity contribution in [2.45, 2.75) is 19.4 Å². The van der Waals surface area contributed by atoms with E-state index in [1.54, 1.807) is 53.4 Å². The number of rotatable bonds is 6. The second kappa shape index (κ2) is 9.70. The number of likely N-dealkylation sites (tertiary alicyclic amines) is 1. The Balaban J connectivity index is 1.74. The fourth-order valence-corrected chi connectivity index (χ4v) is 4.69. The second-order valence-corrected chi connectivity index (χ2v) is 9.81. The normalized spacial score (nSPS) is 14.9. The zero-order valence-corrected chi connectivity index (χ0v) is 19.0. The van der Waals surface area contributed by atoms with Gasteiger partial charge in [-0.3, -0.25) is 13.9 Å². The molecule has 0 spiro atoms. The van der Waals surface area contributed by atoms with E-state index in [-0.39, 0.29) is 24.3 Å². The van der Waals surface area contributed by atoms with E-state index in [9.17, 15) is 18.0 Å². The lowest BCUT2D eigenvalue weighted by atomic mass is 9.96. The molecule has 9 heteroatoms. The van der Waals surface area contributed by atoms with Crippen LogP contribution in [0.15, 0.2) is 48.5 Å². The SMILES string of the molecule is COC(=O)C1CCN(C(=O)c2ccc(N(Cc3ccccc3Cl)S(C)(=O)=O)cc2)CC1. The van der Waals surface area contributed by atoms with Crippen molar-refractivity contribution < 1.29 is 22.7 Å². The number of esters is 1. The molecular weight excluding hydrogens is 440 g/mol. The van der Waals surface area contributed by atoms with Crippen molar-refractivity contribution in [2.24, 2.45) is 5.92 Å². The number of ether oxygens (including phenoxy) is 1. The minimum atomic E-state index is -3.57. The number of anilines is 1. The smallest absolute Gasteiger partial charge is 0.308 e. The Morgan fingerprint density at radius 2 is 1.71 bits per heavy atom. The Kier molecular flexibility index (Phi) is 7.23. The van der Waals surface area contributed by atoms with Crippen molar-refractivity contribution in [3.05, 3.63) is 64.7 Å². The summed E-state index contributed by atoms with van der Waals surface area (Å²) in [4.78, 5) is 26.2. The number of hydrogen-bond donors (Lipinski definition) is 0. The van der Waals surface area contributed by atoms with Crippen molar-refractivity contribution in [1.82, 2.24) is 4.90 Å². The number of benzene rings is 2. The van der Waals surface area contributed by atoms with Gasteiger partial charge in [-0.25, -0.2) is 8.42 Å². The second-order valence-electron chi connectivity index (χ2n) is 7.50. The molecule has 0 radical (unpaired) electrons. The summed E-state index contributed by atoms with van der Waals surface area (Å²) in [6.45, 7) is 1.04. The molecule has 1 amide bonds. The van der Waals surface area contributed by atoms with Gasteiger partial charge in [0.25, 0.3) is 5.91 Å². The summed E-state index contributed by atoms with van der Waals surface area (Å²) < 4.78 is 30.8. The molecule has 1 saturated heterocycles. The van der Waals surface area contributed by atoms with E-state index in [1.807, 2.05) is 0 Å². The maximum atomic E-state index is 12.8. The Bertz CT molecular complexity index is 1050. The van der Waals surface area contributed by atoms with Crippen LogP contribution >= 0.6 is 11.6 Å². The van der Waals surface area contributed by atoms with Crippen molar-refractivity contribution >= 4 is 39.2 Å². The van der Waals surface area contributed by atoms with Gasteiger partial charge >= 0.3 is 5.97 Å². The van der Waals surface area contributed by atoms with Gasteiger partial charge in [-0.1, -0.05) is 29.8 Å². The van der Waals surface area contributed by atoms with Gasteiger partial charge in [0.1, 0.15) is 0 Å². The number of carbonyl (C=O) groups excluding carboxylic acids is 2. The highest BCUT2D eigenvalue weighted by Crippen LogP contribution is 2.26. The van der Waals surface area contributed by atoms with Crippen molar-refractivity contribution in [2.75, 3.05) is 30.8 Å². The molecule has 1 aliphatic rings. The van der Waals surface area contributed by atoms with Crippen LogP contribution in [0.3, 0.4) is 0 Å². The predicted octanol–water partition coefficient (Wildman–Crippen LogP) is 3.33. The van der Waals surface area contributed by atoms with E-state index >= 15 is 0 Å². The Morgan fingerprint density at radius 3 is 2.26 bits per heavy atom. The van der Waals surface area contributed by atoms with Crippen LogP contribution in [0.2, 0.25) is 5.02 Å². The minimum Gasteiger partial charge on any atom is -0.469 e. The lowest BCUT2D eigenvalue weighted by molar-refractivity contribution is -0.146. The van der Waals surface area contributed by atoms with Crippen LogP contribution in [0.5, 0.6) is 0 Å². The van der Waals surface area contributed by atoms with E-state index in [1.165, 1.54) is 11.4 Å². The first kappa shape index (κ1) is 23.1. The molecule has 2 aromatic rings. The van der Waals surface area contributed by atoms with E-state index < -0.39 is 10.0 Å². The van der Waals surface area contributed by atoms with Crippen molar-refractivity contribution in [3.8, 4) is 0 Å². The third-order valence-corrected chi connectivity index (χ3v) is 6.90. The van der Waals surface area contributed by atoms with Gasteiger partial charge in [0, 0.05) is 23.7 Å². The summed E-state index contributed by atoms with van der Waals surface area (Å²) in [5.41, 5.74) is 1.60. The van der Waals surface area contributed by atoms with Crippen LogP contribution in [-0.2, 0) is 26.1 Å². The molecule has 0 unspecified atom stereocenters. The lowest BCUT2D eigenvalue weighted by Crippen LogP contribution is -2.40. The van der Waals surface area contributed by atoms with Gasteiger partial charge in [-0.05, 0) is 48.7 Å². The molecule has 0 N–H and O–H groups in total. The maximum absolute atomic E-state index is 12.8. The number of methoxy groups -OCH3 is 1. The Hall–Kier alpha value is -2.58. The molecule has 0 bridgehead atoms. The maximum Gasteiger partial charge on any atom is 0.308 e. The first-order valence-corrected chi connectivity index (χ1v) is 12.1. The average Bonchev–Trinajstić information content (AvgIpc) is 2.77. The summed E-state index contributed by atoms with van der Waals surface area (Å²) >= 11 is 6.20. The van der Waals surface area contributed by atoms with E-state index in [0.717, 1.165) is 6.26 Å². The number of hydrogen-bond acceptors (Lipinski definition) is 5. The highest BCUT2D eigenvalue weighted by Gasteiger charge is 2.28. The van der Waals surface area contributed by atoms with Gasteiger partial charge in [-0.15, -0.1) is 0 Å². The van der Waals surface area contributed by atoms with Crippen LogP contribution < -0.4 is 4.31 Å². The fourth-order valence-electron chi connectivity index (χ4n) is 3.62. The summed E-state index contributed by atoms with van der Waals surface area (Å²) in [5, 5.41) is 0.485. The molecule has 0 aromatic heterocycles. The number of sulfonamides is 1. The first-order chi connectivity index (χ1) is 14.7. The van der Waals surface area contributed by atoms with E-state index in [4.69, 9.17) is 16.3 Å². The zero-order valence-electron chi connectivity index (χ0n) is 17.5. The third-order valence-electron chi connectivity index (χ3n) is 5.39. The molecular formula is C22H25ClN2O5S. The van der Waals surface area contributed by atoms with E-state index in [2.05, 4.69) is 0 Å². The van der Waals surface area contributed by atoms with Gasteiger partial charge < -0.3 is 9.64 Å². The minimum absolute atomic E-state index is 0.0901. The van der Waals surface area contributed by atoms with E-state index in [0.29, 0.717) is 47.8 Å². The van der Waals surface area contributed by atoms with Crippen LogP contribution in [-0.4, -0.2) is 51.6 Å². The number of nitrogens with zero attached hydrogens (tertiary/aromatic N) is 2.